The van der Waals surface area contributed by atoms with Gasteiger partial charge < -0.3 is 14.3 Å². The number of methoxy groups -OCH3 is 1. The fourth-order valence-electron chi connectivity index (χ4n) is 1.16. The van der Waals surface area contributed by atoms with Crippen molar-refractivity contribution in [2.45, 2.75) is 25.6 Å². The molecule has 0 amide bonds. The molecule has 8 heteroatoms. The number of oxazole rings is 1. The van der Waals surface area contributed by atoms with Crippen LogP contribution in [0.2, 0.25) is 0 Å². The minimum Gasteiger partial charge on any atom is -0.475 e. The van der Waals surface area contributed by atoms with Gasteiger partial charge in [0.25, 0.3) is 0 Å². The maximum Gasteiger partial charge on any atom is 0.389 e. The van der Waals surface area contributed by atoms with Crippen LogP contribution in [-0.2, 0) is 17.8 Å². The fraction of sp³-hybridized carbons (Fsp3) is 0.556. The summed E-state index contributed by atoms with van der Waals surface area (Å²) >= 11 is 0. The molecule has 1 N–H and O–H groups in total. The highest BCUT2D eigenvalue weighted by atomic mass is 19.4. The van der Waals surface area contributed by atoms with Gasteiger partial charge in [-0.15, -0.1) is 0 Å². The third kappa shape index (κ3) is 4.06. The van der Waals surface area contributed by atoms with E-state index in [4.69, 9.17) is 9.52 Å². The number of hydrogen-bond donors (Lipinski definition) is 1. The molecule has 0 bridgehead atoms. The lowest BCUT2D eigenvalue weighted by Gasteiger charge is -2.02. The van der Waals surface area contributed by atoms with Crippen LogP contribution in [0.15, 0.2) is 4.42 Å². The number of hydrogen-bond acceptors (Lipinski definition) is 4. The van der Waals surface area contributed by atoms with Crippen LogP contribution >= 0.6 is 0 Å². The molecular formula is C9H10F3NO4. The van der Waals surface area contributed by atoms with Gasteiger partial charge in [-0.1, -0.05) is 0 Å². The van der Waals surface area contributed by atoms with E-state index in [9.17, 15) is 18.0 Å². The van der Waals surface area contributed by atoms with Gasteiger partial charge in [-0.3, -0.25) is 0 Å². The zero-order chi connectivity index (χ0) is 13.1. The van der Waals surface area contributed by atoms with E-state index in [0.717, 1.165) is 0 Å². The minimum atomic E-state index is -4.33. The summed E-state index contributed by atoms with van der Waals surface area (Å²) in [5.74, 6) is -2.13. The van der Waals surface area contributed by atoms with Crippen LogP contribution in [-0.4, -0.2) is 29.3 Å². The molecule has 1 heterocycles. The first kappa shape index (κ1) is 13.5. The number of halogens is 3. The highest BCUT2D eigenvalue weighted by Gasteiger charge is 2.28. The normalized spacial score (nSPS) is 11.8. The zero-order valence-electron chi connectivity index (χ0n) is 8.87. The second-order valence-electron chi connectivity index (χ2n) is 3.24. The predicted octanol–water partition coefficient (Wildman–Crippen LogP) is 2.01. The Morgan fingerprint density at radius 1 is 1.53 bits per heavy atom. The first-order chi connectivity index (χ1) is 7.83. The molecule has 5 nitrogen and oxygen atoms in total. The molecule has 0 saturated carbocycles. The third-order valence-corrected chi connectivity index (χ3v) is 1.84. The van der Waals surface area contributed by atoms with Gasteiger partial charge in [0.15, 0.2) is 5.89 Å². The molecule has 0 aliphatic rings. The number of aryl methyl sites for hydroxylation is 1. The summed E-state index contributed by atoms with van der Waals surface area (Å²) in [5.41, 5.74) is -0.0165. The number of rotatable bonds is 5. The second-order valence-corrected chi connectivity index (χ2v) is 3.24. The van der Waals surface area contributed by atoms with E-state index in [1.54, 1.807) is 0 Å². The number of carboxylic acids is 1. The van der Waals surface area contributed by atoms with E-state index in [1.807, 2.05) is 0 Å². The van der Waals surface area contributed by atoms with Gasteiger partial charge in [-0.2, -0.15) is 13.2 Å². The lowest BCUT2D eigenvalue weighted by atomic mass is 10.3. The molecule has 0 aliphatic heterocycles. The van der Waals surface area contributed by atoms with E-state index >= 15 is 0 Å². The number of aromatic carboxylic acids is 1. The van der Waals surface area contributed by atoms with Gasteiger partial charge in [-0.25, -0.2) is 9.78 Å². The van der Waals surface area contributed by atoms with Gasteiger partial charge in [0.2, 0.25) is 5.76 Å². The van der Waals surface area contributed by atoms with E-state index < -0.39 is 30.7 Å². The van der Waals surface area contributed by atoms with Gasteiger partial charge >= 0.3 is 12.1 Å². The van der Waals surface area contributed by atoms with Crippen molar-refractivity contribution in [3.63, 3.8) is 0 Å². The van der Waals surface area contributed by atoms with Crippen molar-refractivity contribution in [2.24, 2.45) is 0 Å². The van der Waals surface area contributed by atoms with Crippen LogP contribution < -0.4 is 0 Å². The van der Waals surface area contributed by atoms with Crippen molar-refractivity contribution < 1.29 is 32.2 Å². The summed E-state index contributed by atoms with van der Waals surface area (Å²) in [5, 5.41) is 8.72. The zero-order valence-corrected chi connectivity index (χ0v) is 8.87. The molecule has 1 aromatic heterocycles. The Hall–Kier alpha value is -1.57. The SMILES string of the molecule is COCc1nc(CCC(F)(F)F)oc1C(=O)O. The van der Waals surface area contributed by atoms with Crippen molar-refractivity contribution in [1.82, 2.24) is 4.98 Å². The summed E-state index contributed by atoms with van der Waals surface area (Å²) in [6.07, 6.45) is -5.94. The highest BCUT2D eigenvalue weighted by molar-refractivity contribution is 5.85. The van der Waals surface area contributed by atoms with E-state index in [1.165, 1.54) is 7.11 Å². The monoisotopic (exact) mass is 253 g/mol. The summed E-state index contributed by atoms with van der Waals surface area (Å²) < 4.78 is 45.2. The van der Waals surface area contributed by atoms with Crippen LogP contribution in [0.3, 0.4) is 0 Å². The molecule has 1 rings (SSSR count). The molecule has 0 aromatic carbocycles. The Bertz CT molecular complexity index is 399. The van der Waals surface area contributed by atoms with Crippen molar-refractivity contribution in [3.8, 4) is 0 Å². The first-order valence-corrected chi connectivity index (χ1v) is 4.61. The number of alkyl halides is 3. The maximum atomic E-state index is 11.9. The standard InChI is InChI=1S/C9H10F3NO4/c1-16-4-5-7(8(14)15)17-6(13-5)2-3-9(10,11)12/h2-4H2,1H3,(H,14,15). The summed E-state index contributed by atoms with van der Waals surface area (Å²) in [6.45, 7) is -0.128. The molecule has 0 spiro atoms. The van der Waals surface area contributed by atoms with E-state index in [2.05, 4.69) is 9.72 Å². The average molecular weight is 253 g/mol. The van der Waals surface area contributed by atoms with Crippen molar-refractivity contribution in [2.75, 3.05) is 7.11 Å². The Labute approximate surface area is 94.2 Å². The number of nitrogens with zero attached hydrogens (tertiary/aromatic N) is 1. The number of ether oxygens (including phenoxy) is 1. The van der Waals surface area contributed by atoms with Gasteiger partial charge in [0.05, 0.1) is 13.0 Å². The summed E-state index contributed by atoms with van der Waals surface area (Å²) in [7, 11) is 1.32. The van der Waals surface area contributed by atoms with Crippen molar-refractivity contribution >= 4 is 5.97 Å². The molecule has 0 fully saturated rings. The molecule has 0 atom stereocenters. The predicted molar refractivity (Wildman–Crippen MR) is 48.6 cm³/mol. The largest absolute Gasteiger partial charge is 0.475 e. The molecule has 0 unspecified atom stereocenters. The number of aromatic nitrogens is 1. The lowest BCUT2D eigenvalue weighted by molar-refractivity contribution is -0.134. The van der Waals surface area contributed by atoms with Gasteiger partial charge in [0.1, 0.15) is 5.69 Å². The maximum absolute atomic E-state index is 11.9. The third-order valence-electron chi connectivity index (χ3n) is 1.84. The van der Waals surface area contributed by atoms with E-state index in [0.29, 0.717) is 0 Å². The fourth-order valence-corrected chi connectivity index (χ4v) is 1.16. The van der Waals surface area contributed by atoms with Crippen molar-refractivity contribution in [3.05, 3.63) is 17.3 Å². The Morgan fingerprint density at radius 3 is 2.65 bits per heavy atom. The number of carbonyl (C=O) groups is 1. The molecule has 0 radical (unpaired) electrons. The molecule has 96 valence electrons. The first-order valence-electron chi connectivity index (χ1n) is 4.61. The molecule has 0 saturated heterocycles. The van der Waals surface area contributed by atoms with Crippen molar-refractivity contribution in [1.29, 1.82) is 0 Å². The Kier molecular flexibility index (Phi) is 4.11. The molecule has 0 aliphatic carbocycles. The quantitative estimate of drug-likeness (QED) is 0.868. The van der Waals surface area contributed by atoms with Crippen LogP contribution in [0.4, 0.5) is 13.2 Å². The Morgan fingerprint density at radius 2 is 2.18 bits per heavy atom. The van der Waals surface area contributed by atoms with Crippen LogP contribution in [0.5, 0.6) is 0 Å². The van der Waals surface area contributed by atoms with Crippen LogP contribution in [0.25, 0.3) is 0 Å². The molecule has 17 heavy (non-hydrogen) atoms. The molecular weight excluding hydrogens is 243 g/mol. The number of carboxylic acid groups (broad SMARTS) is 1. The average Bonchev–Trinajstić information content (AvgIpc) is 2.58. The second kappa shape index (κ2) is 5.17. The summed E-state index contributed by atoms with van der Waals surface area (Å²) in [4.78, 5) is 14.4. The van der Waals surface area contributed by atoms with E-state index in [-0.39, 0.29) is 18.2 Å². The lowest BCUT2D eigenvalue weighted by Crippen LogP contribution is -2.08. The topological polar surface area (TPSA) is 72.6 Å². The highest BCUT2D eigenvalue weighted by Crippen LogP contribution is 2.23. The smallest absolute Gasteiger partial charge is 0.389 e. The van der Waals surface area contributed by atoms with Crippen LogP contribution in [0, 0.1) is 0 Å². The summed E-state index contributed by atoms with van der Waals surface area (Å²) in [6, 6.07) is 0. The van der Waals surface area contributed by atoms with Crippen LogP contribution in [0.1, 0.15) is 28.6 Å². The Balaban J connectivity index is 2.81. The molecule has 1 aromatic rings. The van der Waals surface area contributed by atoms with Gasteiger partial charge in [0, 0.05) is 13.5 Å². The minimum absolute atomic E-state index is 0.0165. The van der Waals surface area contributed by atoms with Gasteiger partial charge in [-0.05, 0) is 0 Å².